The Morgan fingerprint density at radius 3 is 2.73 bits per heavy atom. The zero-order chi connectivity index (χ0) is 26.1. The Labute approximate surface area is 215 Å². The molecule has 2 aliphatic heterocycles. The van der Waals surface area contributed by atoms with Gasteiger partial charge >= 0.3 is 0 Å². The zero-order valence-electron chi connectivity index (χ0n) is 21.4. The molecule has 10 nitrogen and oxygen atoms in total. The highest BCUT2D eigenvalue weighted by Crippen LogP contribution is 2.36. The van der Waals surface area contributed by atoms with E-state index in [1.807, 2.05) is 18.5 Å². The van der Waals surface area contributed by atoms with Crippen molar-refractivity contribution in [2.75, 3.05) is 48.0 Å². The van der Waals surface area contributed by atoms with Crippen LogP contribution in [0.3, 0.4) is 0 Å². The van der Waals surface area contributed by atoms with Crippen LogP contribution in [0.5, 0.6) is 0 Å². The molecule has 3 N–H and O–H groups in total. The van der Waals surface area contributed by atoms with E-state index in [2.05, 4.69) is 45.9 Å². The number of alkyl halides is 1. The summed E-state index contributed by atoms with van der Waals surface area (Å²) in [6.45, 7) is 7.98. The minimum absolute atomic E-state index is 0.0124. The SMILES string of the molecule is CC(C)c1cnc(N2C[C@H](OCCO)[C@H]2C)c2cnc(Nc3ccnc(N4CC[C@@H](O)[C@@H](F)C4)n3)cc12. The molecule has 3 aromatic rings. The van der Waals surface area contributed by atoms with Gasteiger partial charge in [0.05, 0.1) is 38.0 Å². The van der Waals surface area contributed by atoms with Gasteiger partial charge in [-0.25, -0.2) is 19.3 Å². The summed E-state index contributed by atoms with van der Waals surface area (Å²) in [6.07, 6.45) is 3.54. The molecule has 2 saturated heterocycles. The fraction of sp³-hybridized carbons (Fsp3) is 0.538. The van der Waals surface area contributed by atoms with Gasteiger partial charge in [-0.1, -0.05) is 13.8 Å². The highest BCUT2D eigenvalue weighted by Gasteiger charge is 2.38. The Kier molecular flexibility index (Phi) is 7.36. The van der Waals surface area contributed by atoms with Crippen LogP contribution in [-0.4, -0.2) is 87.4 Å². The summed E-state index contributed by atoms with van der Waals surface area (Å²) >= 11 is 0. The van der Waals surface area contributed by atoms with E-state index in [1.165, 1.54) is 0 Å². The molecule has 4 atom stereocenters. The van der Waals surface area contributed by atoms with Crippen molar-refractivity contribution in [1.82, 2.24) is 19.9 Å². The molecule has 2 fully saturated rings. The fourth-order valence-corrected chi connectivity index (χ4v) is 4.93. The van der Waals surface area contributed by atoms with Gasteiger partial charge in [0.25, 0.3) is 0 Å². The molecule has 0 unspecified atom stereocenters. The second-order valence-electron chi connectivity index (χ2n) is 10.0. The van der Waals surface area contributed by atoms with E-state index >= 15 is 0 Å². The number of ether oxygens (including phenoxy) is 1. The number of nitrogens with one attached hydrogen (secondary N) is 1. The summed E-state index contributed by atoms with van der Waals surface area (Å²) in [5.74, 6) is 2.74. The normalized spacial score (nSPS) is 24.0. The van der Waals surface area contributed by atoms with Gasteiger partial charge in [0.1, 0.15) is 23.6 Å². The number of piperidine rings is 1. The number of aliphatic hydroxyl groups is 2. The van der Waals surface area contributed by atoms with Crippen molar-refractivity contribution in [1.29, 1.82) is 0 Å². The summed E-state index contributed by atoms with van der Waals surface area (Å²) in [6, 6.07) is 3.90. The molecule has 5 heterocycles. The van der Waals surface area contributed by atoms with E-state index in [0.29, 0.717) is 43.7 Å². The van der Waals surface area contributed by atoms with Gasteiger partial charge in [0.2, 0.25) is 5.95 Å². The first-order valence-corrected chi connectivity index (χ1v) is 12.8. The van der Waals surface area contributed by atoms with Crippen molar-refractivity contribution in [2.45, 2.75) is 57.5 Å². The summed E-state index contributed by atoms with van der Waals surface area (Å²) in [5.41, 5.74) is 1.12. The lowest BCUT2D eigenvalue weighted by atomic mass is 9.96. The van der Waals surface area contributed by atoms with Crippen LogP contribution in [0.15, 0.2) is 30.7 Å². The molecule has 5 rings (SSSR count). The first-order valence-electron chi connectivity index (χ1n) is 12.8. The molecular formula is C26H34FN7O3. The molecule has 0 bridgehead atoms. The van der Waals surface area contributed by atoms with E-state index in [9.17, 15) is 9.50 Å². The summed E-state index contributed by atoms with van der Waals surface area (Å²) in [4.78, 5) is 22.3. The van der Waals surface area contributed by atoms with Crippen molar-refractivity contribution in [3.05, 3.63) is 36.3 Å². The van der Waals surface area contributed by atoms with E-state index in [4.69, 9.17) is 14.8 Å². The van der Waals surface area contributed by atoms with Gasteiger partial charge in [0, 0.05) is 37.1 Å². The van der Waals surface area contributed by atoms with Crippen LogP contribution in [0.4, 0.5) is 27.8 Å². The van der Waals surface area contributed by atoms with Crippen molar-refractivity contribution >= 4 is 34.2 Å². The van der Waals surface area contributed by atoms with Gasteiger partial charge in [-0.2, -0.15) is 4.98 Å². The van der Waals surface area contributed by atoms with Gasteiger partial charge in [-0.15, -0.1) is 0 Å². The highest BCUT2D eigenvalue weighted by atomic mass is 19.1. The maximum Gasteiger partial charge on any atom is 0.227 e. The van der Waals surface area contributed by atoms with Crippen LogP contribution in [0, 0.1) is 0 Å². The smallest absolute Gasteiger partial charge is 0.227 e. The third-order valence-corrected chi connectivity index (χ3v) is 7.19. The zero-order valence-corrected chi connectivity index (χ0v) is 21.4. The minimum atomic E-state index is -1.32. The molecule has 0 spiro atoms. The number of halogens is 1. The third-order valence-electron chi connectivity index (χ3n) is 7.19. The van der Waals surface area contributed by atoms with E-state index in [-0.39, 0.29) is 31.2 Å². The lowest BCUT2D eigenvalue weighted by Crippen LogP contribution is -2.60. The largest absolute Gasteiger partial charge is 0.394 e. The molecule has 0 saturated carbocycles. The molecule has 198 valence electrons. The van der Waals surface area contributed by atoms with E-state index < -0.39 is 12.3 Å². The number of aromatic nitrogens is 4. The molecule has 0 radical (unpaired) electrons. The Hall–Kier alpha value is -3.15. The lowest BCUT2D eigenvalue weighted by molar-refractivity contribution is -0.00971. The number of hydrogen-bond donors (Lipinski definition) is 3. The Bertz CT molecular complexity index is 1250. The predicted octanol–water partition coefficient (Wildman–Crippen LogP) is 2.78. The van der Waals surface area contributed by atoms with Gasteiger partial charge < -0.3 is 30.1 Å². The van der Waals surface area contributed by atoms with Crippen molar-refractivity contribution in [2.24, 2.45) is 0 Å². The number of nitrogens with zero attached hydrogens (tertiary/aromatic N) is 6. The van der Waals surface area contributed by atoms with Crippen LogP contribution in [0.1, 0.15) is 38.7 Å². The van der Waals surface area contributed by atoms with E-state index in [1.54, 1.807) is 17.2 Å². The number of hydrogen-bond acceptors (Lipinski definition) is 10. The molecule has 37 heavy (non-hydrogen) atoms. The van der Waals surface area contributed by atoms with Crippen molar-refractivity contribution in [3.63, 3.8) is 0 Å². The maximum absolute atomic E-state index is 14.0. The van der Waals surface area contributed by atoms with Gasteiger partial charge in [-0.05, 0) is 42.3 Å². The Morgan fingerprint density at radius 2 is 2.00 bits per heavy atom. The number of rotatable bonds is 8. The fourth-order valence-electron chi connectivity index (χ4n) is 4.93. The van der Waals surface area contributed by atoms with E-state index in [0.717, 1.165) is 22.2 Å². The molecule has 2 aliphatic rings. The quantitative estimate of drug-likeness (QED) is 0.416. The number of fused-ring (bicyclic) bond motifs is 1. The number of pyridine rings is 2. The first-order chi connectivity index (χ1) is 17.9. The maximum atomic E-state index is 14.0. The topological polar surface area (TPSA) is 120 Å². The lowest BCUT2D eigenvalue weighted by Gasteiger charge is -2.47. The predicted molar refractivity (Wildman–Crippen MR) is 140 cm³/mol. The Balaban J connectivity index is 1.40. The second kappa shape index (κ2) is 10.7. The molecule has 0 amide bonds. The van der Waals surface area contributed by atoms with Crippen LogP contribution >= 0.6 is 0 Å². The summed E-state index contributed by atoms with van der Waals surface area (Å²) in [7, 11) is 0. The number of anilines is 4. The standard InChI is InChI=1S/C26H34FN7O3/c1-15(2)18-11-30-25(34-14-22(16(34)3)37-9-8-35)19-12-29-24(10-17(18)19)31-23-4-6-28-26(32-23)33-7-5-21(36)20(27)13-33/h4,6,10-12,15-16,20-22,35-36H,5,7-9,13-14H2,1-3H3,(H,28,29,31,32)/t16-,20+,21-,22+/m1/s1. The molecule has 0 aromatic carbocycles. The second-order valence-corrected chi connectivity index (χ2v) is 10.0. The van der Waals surface area contributed by atoms with Crippen LogP contribution in [0.2, 0.25) is 0 Å². The average molecular weight is 512 g/mol. The highest BCUT2D eigenvalue weighted by molar-refractivity contribution is 5.96. The number of aliphatic hydroxyl groups excluding tert-OH is 2. The molecular weight excluding hydrogens is 477 g/mol. The Morgan fingerprint density at radius 1 is 1.16 bits per heavy atom. The minimum Gasteiger partial charge on any atom is -0.394 e. The van der Waals surface area contributed by atoms with Crippen LogP contribution < -0.4 is 15.1 Å². The monoisotopic (exact) mass is 511 g/mol. The third kappa shape index (κ3) is 5.16. The van der Waals surface area contributed by atoms with Crippen molar-refractivity contribution < 1.29 is 19.3 Å². The average Bonchev–Trinajstić information content (AvgIpc) is 2.89. The molecule has 11 heteroatoms. The summed E-state index contributed by atoms with van der Waals surface area (Å²) < 4.78 is 19.8. The molecule has 0 aliphatic carbocycles. The van der Waals surface area contributed by atoms with Crippen molar-refractivity contribution in [3.8, 4) is 0 Å². The van der Waals surface area contributed by atoms with Gasteiger partial charge in [-0.3, -0.25) is 0 Å². The summed E-state index contributed by atoms with van der Waals surface area (Å²) in [5, 5.41) is 24.0. The van der Waals surface area contributed by atoms with Crippen LogP contribution in [-0.2, 0) is 4.74 Å². The molecule has 3 aromatic heterocycles. The first kappa shape index (κ1) is 25.5. The van der Waals surface area contributed by atoms with Crippen LogP contribution in [0.25, 0.3) is 10.8 Å². The van der Waals surface area contributed by atoms with Gasteiger partial charge in [0.15, 0.2) is 0 Å².